The second-order valence-corrected chi connectivity index (χ2v) is 9.57. The average Bonchev–Trinajstić information content (AvgIpc) is 3.18. The van der Waals surface area contributed by atoms with E-state index in [2.05, 4.69) is 10.3 Å². The number of aromatic hydroxyl groups is 2. The van der Waals surface area contributed by atoms with Crippen molar-refractivity contribution in [1.82, 2.24) is 9.55 Å². The number of ether oxygens (including phenoxy) is 2. The van der Waals surface area contributed by atoms with Crippen LogP contribution in [0.15, 0.2) is 41.2 Å². The fourth-order valence-corrected chi connectivity index (χ4v) is 4.94. The molecule has 0 unspecified atom stereocenters. The van der Waals surface area contributed by atoms with Gasteiger partial charge >= 0.3 is 0 Å². The second-order valence-electron chi connectivity index (χ2n) is 8.36. The average molecular weight is 510 g/mol. The Morgan fingerprint density at radius 2 is 1.75 bits per heavy atom. The third-order valence-electron chi connectivity index (χ3n) is 6.17. The van der Waals surface area contributed by atoms with Crippen molar-refractivity contribution < 1.29 is 24.5 Å². The summed E-state index contributed by atoms with van der Waals surface area (Å²) in [6.45, 7) is 3.84. The lowest BCUT2D eigenvalue weighted by Gasteiger charge is -2.21. The van der Waals surface area contributed by atoms with Crippen molar-refractivity contribution in [2.45, 2.75) is 26.3 Å². The lowest BCUT2D eigenvalue weighted by molar-refractivity contribution is 0.0972. The Bertz CT molecular complexity index is 1480. The first kappa shape index (κ1) is 25.1. The maximum atomic E-state index is 13.6. The van der Waals surface area contributed by atoms with E-state index in [9.17, 15) is 19.8 Å². The van der Waals surface area contributed by atoms with Crippen LogP contribution in [0.4, 0.5) is 5.13 Å². The number of ketones is 1. The van der Waals surface area contributed by atoms with Crippen LogP contribution >= 0.6 is 11.3 Å². The Labute approximate surface area is 211 Å². The number of phenols is 1. The zero-order valence-electron chi connectivity index (χ0n) is 20.6. The van der Waals surface area contributed by atoms with Crippen LogP contribution in [-0.2, 0) is 7.05 Å². The molecule has 2 heterocycles. The molecule has 0 radical (unpaired) electrons. The summed E-state index contributed by atoms with van der Waals surface area (Å²) in [5.74, 6) is -0.735. The normalized spacial score (nSPS) is 11.9. The number of fused-ring (bicyclic) bond motifs is 1. The maximum Gasteiger partial charge on any atom is 0.265 e. The van der Waals surface area contributed by atoms with Crippen molar-refractivity contribution >= 4 is 33.2 Å². The van der Waals surface area contributed by atoms with E-state index in [-0.39, 0.29) is 35.0 Å². The number of benzene rings is 2. The summed E-state index contributed by atoms with van der Waals surface area (Å²) in [4.78, 5) is 32.2. The van der Waals surface area contributed by atoms with Gasteiger partial charge in [0, 0.05) is 23.7 Å². The minimum Gasteiger partial charge on any atom is -0.506 e. The number of hydrogen-bond donors (Lipinski definition) is 3. The van der Waals surface area contributed by atoms with Crippen LogP contribution in [0, 0.1) is 13.8 Å². The van der Waals surface area contributed by atoms with Gasteiger partial charge in [-0.15, -0.1) is 11.3 Å². The molecule has 2 aromatic carbocycles. The van der Waals surface area contributed by atoms with Crippen molar-refractivity contribution in [1.29, 1.82) is 0 Å². The van der Waals surface area contributed by atoms with Gasteiger partial charge in [-0.25, -0.2) is 4.98 Å². The highest BCUT2D eigenvalue weighted by Gasteiger charge is 2.27. The van der Waals surface area contributed by atoms with Gasteiger partial charge in [-0.2, -0.15) is 0 Å². The number of carbonyl (C=O) groups is 1. The standard InChI is InChI=1S/C26H27N3O6S/c1-13-14(2)36-26(27-13)28-17(15-10-20(34-4)24(32)21(11-15)35-5)12-19(30)22-23(31)16-8-6-7-9-18(16)29(3)25(22)33/h6-11,17,31-32H,12H2,1-5H3,(H,27,28)/t17-/m0/s1. The van der Waals surface area contributed by atoms with Gasteiger partial charge in [0.2, 0.25) is 5.75 Å². The van der Waals surface area contributed by atoms with E-state index in [0.717, 1.165) is 10.6 Å². The van der Waals surface area contributed by atoms with E-state index < -0.39 is 17.4 Å². The smallest absolute Gasteiger partial charge is 0.265 e. The Kier molecular flexibility index (Phi) is 6.89. The molecule has 4 rings (SSSR count). The first-order valence-corrected chi connectivity index (χ1v) is 12.0. The van der Waals surface area contributed by atoms with Crippen LogP contribution < -0.4 is 20.3 Å². The van der Waals surface area contributed by atoms with E-state index >= 15 is 0 Å². The maximum absolute atomic E-state index is 13.6. The van der Waals surface area contributed by atoms with Gasteiger partial charge in [0.15, 0.2) is 22.4 Å². The molecule has 0 bridgehead atoms. The van der Waals surface area contributed by atoms with Gasteiger partial charge in [-0.1, -0.05) is 12.1 Å². The van der Waals surface area contributed by atoms with Crippen molar-refractivity contribution in [2.75, 3.05) is 19.5 Å². The van der Waals surface area contributed by atoms with Crippen molar-refractivity contribution in [3.8, 4) is 23.0 Å². The van der Waals surface area contributed by atoms with Gasteiger partial charge in [0.05, 0.1) is 31.5 Å². The number of carbonyl (C=O) groups excluding carboxylic acids is 1. The van der Waals surface area contributed by atoms with Gasteiger partial charge in [0.1, 0.15) is 11.3 Å². The number of hydrogen-bond acceptors (Lipinski definition) is 9. The van der Waals surface area contributed by atoms with Crippen molar-refractivity contribution in [2.24, 2.45) is 7.05 Å². The molecule has 9 nitrogen and oxygen atoms in total. The lowest BCUT2D eigenvalue weighted by atomic mass is 9.96. The van der Waals surface area contributed by atoms with Gasteiger partial charge in [-0.3, -0.25) is 9.59 Å². The SMILES string of the molecule is COc1cc([C@H](CC(=O)c2c(O)c3ccccc3n(C)c2=O)Nc2nc(C)c(C)s2)cc(OC)c1O. The van der Waals surface area contributed by atoms with Gasteiger partial charge in [0.25, 0.3) is 5.56 Å². The van der Waals surface area contributed by atoms with E-state index in [4.69, 9.17) is 9.47 Å². The summed E-state index contributed by atoms with van der Waals surface area (Å²) in [6, 6.07) is 9.36. The molecule has 1 atom stereocenters. The highest BCUT2D eigenvalue weighted by molar-refractivity contribution is 7.15. The molecule has 0 saturated heterocycles. The summed E-state index contributed by atoms with van der Waals surface area (Å²) in [6.07, 6.45) is -0.185. The molecule has 0 aliphatic heterocycles. The molecule has 4 aromatic rings. The molecule has 0 spiro atoms. The van der Waals surface area contributed by atoms with Crippen molar-refractivity contribution in [3.05, 3.63) is 68.4 Å². The summed E-state index contributed by atoms with van der Waals surface area (Å²) in [5, 5.41) is 25.5. The predicted octanol–water partition coefficient (Wildman–Crippen LogP) is 4.47. The number of methoxy groups -OCH3 is 2. The van der Waals surface area contributed by atoms with Crippen LogP contribution in [0.5, 0.6) is 23.0 Å². The van der Waals surface area contributed by atoms with Crippen LogP contribution in [-0.4, -0.2) is 39.8 Å². The first-order valence-electron chi connectivity index (χ1n) is 11.2. The monoisotopic (exact) mass is 509 g/mol. The largest absolute Gasteiger partial charge is 0.506 e. The molecule has 36 heavy (non-hydrogen) atoms. The third-order valence-corrected chi connectivity index (χ3v) is 7.18. The van der Waals surface area contributed by atoms with Crippen LogP contribution in [0.3, 0.4) is 0 Å². The number of aryl methyl sites for hydroxylation is 3. The number of pyridine rings is 1. The van der Waals surface area contributed by atoms with Gasteiger partial charge < -0.3 is 29.6 Å². The Morgan fingerprint density at radius 1 is 1.11 bits per heavy atom. The Hall–Kier alpha value is -4.05. The highest BCUT2D eigenvalue weighted by atomic mass is 32.1. The number of rotatable bonds is 8. The fraction of sp³-hybridized carbons (Fsp3) is 0.269. The Balaban J connectivity index is 1.81. The van der Waals surface area contributed by atoms with Gasteiger partial charge in [-0.05, 0) is 43.7 Å². The van der Waals surface area contributed by atoms with E-state index in [0.29, 0.717) is 21.6 Å². The molecule has 10 heteroatoms. The molecule has 188 valence electrons. The number of anilines is 1. The zero-order valence-corrected chi connectivity index (χ0v) is 21.4. The minimum atomic E-state index is -0.679. The number of phenolic OH excluding ortho intramolecular Hbond substituents is 1. The van der Waals surface area contributed by atoms with E-state index in [1.54, 1.807) is 43.4 Å². The number of Topliss-reactive ketones (excluding diaryl/α,β-unsaturated/α-hetero) is 1. The number of nitrogens with one attached hydrogen (secondary N) is 1. The van der Waals surface area contributed by atoms with Crippen molar-refractivity contribution in [3.63, 3.8) is 0 Å². The molecular weight excluding hydrogens is 482 g/mol. The molecule has 0 amide bonds. The van der Waals surface area contributed by atoms with Crippen LogP contribution in [0.1, 0.15) is 39.0 Å². The summed E-state index contributed by atoms with van der Waals surface area (Å²) < 4.78 is 11.9. The molecule has 0 aliphatic rings. The first-order chi connectivity index (χ1) is 17.2. The quantitative estimate of drug-likeness (QED) is 0.298. The number of para-hydroxylation sites is 1. The molecule has 2 aromatic heterocycles. The second kappa shape index (κ2) is 9.90. The zero-order chi connectivity index (χ0) is 26.1. The lowest BCUT2D eigenvalue weighted by Crippen LogP contribution is -2.26. The van der Waals surface area contributed by atoms with Crippen LogP contribution in [0.25, 0.3) is 10.9 Å². The number of thiazole rings is 1. The predicted molar refractivity (Wildman–Crippen MR) is 139 cm³/mol. The number of nitrogens with zero attached hydrogens (tertiary/aromatic N) is 2. The topological polar surface area (TPSA) is 123 Å². The molecule has 0 saturated carbocycles. The fourth-order valence-electron chi connectivity index (χ4n) is 4.07. The molecule has 0 fully saturated rings. The molecular formula is C26H27N3O6S. The molecule has 3 N–H and O–H groups in total. The van der Waals surface area contributed by atoms with E-state index in [1.807, 2.05) is 13.8 Å². The van der Waals surface area contributed by atoms with E-state index in [1.165, 1.54) is 30.1 Å². The minimum absolute atomic E-state index is 0.166. The number of aromatic nitrogens is 2. The third kappa shape index (κ3) is 4.47. The summed E-state index contributed by atoms with van der Waals surface area (Å²) in [5.41, 5.74) is 1.07. The Morgan fingerprint density at radius 3 is 2.33 bits per heavy atom. The van der Waals surface area contributed by atoms with Crippen LogP contribution in [0.2, 0.25) is 0 Å². The molecule has 0 aliphatic carbocycles. The summed E-state index contributed by atoms with van der Waals surface area (Å²) >= 11 is 1.43. The highest BCUT2D eigenvalue weighted by Crippen LogP contribution is 2.41. The summed E-state index contributed by atoms with van der Waals surface area (Å²) in [7, 11) is 4.39.